The maximum absolute atomic E-state index is 12.8. The lowest BCUT2D eigenvalue weighted by atomic mass is 10.1. The average molecular weight is 251 g/mol. The van der Waals surface area contributed by atoms with Crippen LogP contribution in [0.4, 0.5) is 30.7 Å². The molecule has 0 amide bonds. The van der Waals surface area contributed by atoms with Gasteiger partial charge in [0.1, 0.15) is 5.82 Å². The second-order valence-electron chi connectivity index (χ2n) is 2.89. The lowest BCUT2D eigenvalue weighted by Crippen LogP contribution is -2.50. The second-order valence-corrected chi connectivity index (χ2v) is 2.89. The summed E-state index contributed by atoms with van der Waals surface area (Å²) in [6.07, 6.45) is -6.38. The van der Waals surface area contributed by atoms with Crippen LogP contribution in [0.15, 0.2) is 0 Å². The topological polar surface area (TPSA) is 41.6 Å². The summed E-state index contributed by atoms with van der Waals surface area (Å²) in [6, 6.07) is 0. The van der Waals surface area contributed by atoms with E-state index in [2.05, 4.69) is 10.1 Å². The average Bonchev–Trinajstić information content (AvgIpc) is 2.49. The predicted octanol–water partition coefficient (Wildman–Crippen LogP) is 2.40. The smallest absolute Gasteiger partial charge is 0.263 e. The molecule has 0 radical (unpaired) electrons. The first-order chi connectivity index (χ1) is 7.00. The minimum atomic E-state index is -6.38. The highest BCUT2D eigenvalue weighted by Gasteiger charge is 2.75. The van der Waals surface area contributed by atoms with Gasteiger partial charge in [-0.1, -0.05) is 0 Å². The first-order valence-electron chi connectivity index (χ1n) is 3.72. The minimum Gasteiger partial charge on any atom is -0.263 e. The normalized spacial score (nSPS) is 14.2. The van der Waals surface area contributed by atoms with E-state index in [1.54, 1.807) is 5.10 Å². The van der Waals surface area contributed by atoms with Gasteiger partial charge in [-0.3, -0.25) is 5.10 Å². The number of rotatable bonds is 2. The molecule has 0 unspecified atom stereocenters. The van der Waals surface area contributed by atoms with Crippen LogP contribution in [0.2, 0.25) is 0 Å². The van der Waals surface area contributed by atoms with E-state index >= 15 is 0 Å². The maximum atomic E-state index is 12.8. The molecule has 0 saturated carbocycles. The number of nitrogens with one attached hydrogen (secondary N) is 1. The third kappa shape index (κ3) is 1.71. The molecule has 0 aliphatic carbocycles. The summed E-state index contributed by atoms with van der Waals surface area (Å²) in [5.41, 5.74) is 0. The van der Waals surface area contributed by atoms with E-state index in [-0.39, 0.29) is 5.82 Å². The number of hydrogen-bond acceptors (Lipinski definition) is 2. The molecular formula is C6H4F7N3. The number of H-pyrrole nitrogens is 1. The first-order valence-corrected chi connectivity index (χ1v) is 3.72. The molecule has 1 heterocycles. The fourth-order valence-electron chi connectivity index (χ4n) is 0.802. The molecule has 0 aliphatic rings. The number of nitrogens with zero attached hydrogens (tertiary/aromatic N) is 2. The zero-order valence-corrected chi connectivity index (χ0v) is 7.54. The second kappa shape index (κ2) is 3.32. The Morgan fingerprint density at radius 2 is 1.50 bits per heavy atom. The highest BCUT2D eigenvalue weighted by atomic mass is 19.4. The summed E-state index contributed by atoms with van der Waals surface area (Å²) in [7, 11) is 0. The Morgan fingerprint density at radius 1 is 1.00 bits per heavy atom. The molecule has 16 heavy (non-hydrogen) atoms. The van der Waals surface area contributed by atoms with Crippen molar-refractivity contribution in [2.45, 2.75) is 24.9 Å². The van der Waals surface area contributed by atoms with Crippen molar-refractivity contribution in [3.8, 4) is 0 Å². The van der Waals surface area contributed by atoms with Crippen LogP contribution in [-0.2, 0) is 5.92 Å². The number of halogens is 7. The van der Waals surface area contributed by atoms with Crippen LogP contribution in [0.5, 0.6) is 0 Å². The first kappa shape index (κ1) is 12.7. The monoisotopic (exact) mass is 251 g/mol. The Bertz CT molecular complexity index is 380. The number of aryl methyl sites for hydroxylation is 1. The predicted molar refractivity (Wildman–Crippen MR) is 36.0 cm³/mol. The maximum Gasteiger partial charge on any atom is 0.460 e. The summed E-state index contributed by atoms with van der Waals surface area (Å²) >= 11 is 0. The summed E-state index contributed by atoms with van der Waals surface area (Å²) < 4.78 is 85.7. The third-order valence-electron chi connectivity index (χ3n) is 1.63. The van der Waals surface area contributed by atoms with Crippen molar-refractivity contribution in [3.63, 3.8) is 0 Å². The van der Waals surface area contributed by atoms with Gasteiger partial charge in [-0.15, -0.1) is 0 Å². The largest absolute Gasteiger partial charge is 0.460 e. The van der Waals surface area contributed by atoms with Crippen molar-refractivity contribution in [3.05, 3.63) is 11.6 Å². The molecule has 10 heteroatoms. The van der Waals surface area contributed by atoms with E-state index in [9.17, 15) is 30.7 Å². The number of aromatic amines is 1. The van der Waals surface area contributed by atoms with Gasteiger partial charge in [0.25, 0.3) is 0 Å². The van der Waals surface area contributed by atoms with E-state index < -0.39 is 23.8 Å². The van der Waals surface area contributed by atoms with Gasteiger partial charge in [-0.05, 0) is 6.92 Å². The third-order valence-corrected chi connectivity index (χ3v) is 1.63. The van der Waals surface area contributed by atoms with Gasteiger partial charge >= 0.3 is 18.0 Å². The summed E-state index contributed by atoms with van der Waals surface area (Å²) in [5, 5.41) is 4.36. The molecule has 1 rings (SSSR count). The molecule has 92 valence electrons. The highest BCUT2D eigenvalue weighted by Crippen LogP contribution is 2.50. The molecule has 0 fully saturated rings. The fraction of sp³-hybridized carbons (Fsp3) is 0.667. The lowest BCUT2D eigenvalue weighted by molar-refractivity contribution is -0.361. The minimum absolute atomic E-state index is 0.298. The van der Waals surface area contributed by atoms with Gasteiger partial charge in [0, 0.05) is 0 Å². The van der Waals surface area contributed by atoms with Crippen LogP contribution in [0.3, 0.4) is 0 Å². The lowest BCUT2D eigenvalue weighted by Gasteiger charge is -2.25. The molecule has 0 atom stereocenters. The molecule has 0 aromatic carbocycles. The van der Waals surface area contributed by atoms with Gasteiger partial charge in [-0.25, -0.2) is 4.98 Å². The van der Waals surface area contributed by atoms with Gasteiger partial charge in [-0.2, -0.15) is 35.8 Å². The molecular weight excluding hydrogens is 247 g/mol. The van der Waals surface area contributed by atoms with Crippen LogP contribution in [0.25, 0.3) is 0 Å². The molecule has 1 N–H and O–H groups in total. The van der Waals surface area contributed by atoms with Crippen LogP contribution < -0.4 is 0 Å². The molecule has 3 nitrogen and oxygen atoms in total. The molecule has 0 spiro atoms. The summed E-state index contributed by atoms with van der Waals surface area (Å²) in [6.45, 7) is 1.08. The van der Waals surface area contributed by atoms with Gasteiger partial charge < -0.3 is 0 Å². The van der Waals surface area contributed by atoms with Gasteiger partial charge in [0.05, 0.1) is 0 Å². The molecule has 0 saturated heterocycles. The van der Waals surface area contributed by atoms with E-state index in [1.807, 2.05) is 0 Å². The van der Waals surface area contributed by atoms with E-state index in [0.29, 0.717) is 0 Å². The SMILES string of the molecule is Cc1nc(C(F)(F)C(F)(F)C(F)(F)F)n[nH]1. The molecule has 0 aliphatic heterocycles. The highest BCUT2D eigenvalue weighted by molar-refractivity contribution is 5.05. The Hall–Kier alpha value is -1.35. The van der Waals surface area contributed by atoms with Crippen LogP contribution in [0, 0.1) is 6.92 Å². The van der Waals surface area contributed by atoms with E-state index in [4.69, 9.17) is 0 Å². The van der Waals surface area contributed by atoms with Gasteiger partial charge in [0.15, 0.2) is 0 Å². The zero-order valence-electron chi connectivity index (χ0n) is 7.54. The van der Waals surface area contributed by atoms with E-state index in [1.165, 1.54) is 0 Å². The van der Waals surface area contributed by atoms with Crippen LogP contribution in [0.1, 0.15) is 11.6 Å². The standard InChI is InChI=1S/C6H4F7N3/c1-2-14-3(16-15-2)4(7,8)5(9,10)6(11,12)13/h1H3,(H,14,15,16). The van der Waals surface area contributed by atoms with Crippen molar-refractivity contribution in [1.29, 1.82) is 0 Å². The number of alkyl halides is 7. The number of hydrogen-bond donors (Lipinski definition) is 1. The quantitative estimate of drug-likeness (QED) is 0.820. The summed E-state index contributed by atoms with van der Waals surface area (Å²) in [4.78, 5) is 2.77. The Labute approximate surface area is 83.7 Å². The Morgan fingerprint density at radius 3 is 1.81 bits per heavy atom. The van der Waals surface area contributed by atoms with Crippen molar-refractivity contribution in [2.75, 3.05) is 0 Å². The van der Waals surface area contributed by atoms with Crippen molar-refractivity contribution < 1.29 is 30.7 Å². The summed E-state index contributed by atoms with van der Waals surface area (Å²) in [5.74, 6) is -13.9. The molecule has 1 aromatic heterocycles. The molecule has 1 aromatic rings. The van der Waals surface area contributed by atoms with Crippen LogP contribution in [-0.4, -0.2) is 27.3 Å². The van der Waals surface area contributed by atoms with Crippen LogP contribution >= 0.6 is 0 Å². The van der Waals surface area contributed by atoms with Crippen molar-refractivity contribution >= 4 is 0 Å². The van der Waals surface area contributed by atoms with E-state index in [0.717, 1.165) is 6.92 Å². The fourth-order valence-corrected chi connectivity index (χ4v) is 0.802. The van der Waals surface area contributed by atoms with Crippen molar-refractivity contribution in [1.82, 2.24) is 15.2 Å². The van der Waals surface area contributed by atoms with Gasteiger partial charge in [0.2, 0.25) is 5.82 Å². The Kier molecular flexibility index (Phi) is 2.64. The number of aromatic nitrogens is 3. The Balaban J connectivity index is 3.21. The van der Waals surface area contributed by atoms with Crippen molar-refractivity contribution in [2.24, 2.45) is 0 Å². The zero-order chi connectivity index (χ0) is 12.8. The molecule has 0 bridgehead atoms.